The average molecular weight is 591 g/mol. The highest BCUT2D eigenvalue weighted by Gasteiger charge is 2.54. The number of hydrogen-bond donors (Lipinski definition) is 3. The summed E-state index contributed by atoms with van der Waals surface area (Å²) in [6, 6.07) is 14.0. The van der Waals surface area contributed by atoms with Crippen molar-refractivity contribution in [2.24, 2.45) is 0 Å². The van der Waals surface area contributed by atoms with Gasteiger partial charge in [-0.1, -0.05) is 24.3 Å². The minimum atomic E-state index is -1.24. The molecule has 2 atom stereocenters. The molecule has 0 unspecified atom stereocenters. The predicted octanol–water partition coefficient (Wildman–Crippen LogP) is 2.69. The number of hydrogen-bond acceptors (Lipinski definition) is 8. The van der Waals surface area contributed by atoms with Crippen LogP contribution in [0.3, 0.4) is 0 Å². The summed E-state index contributed by atoms with van der Waals surface area (Å²) in [5, 5.41) is 12.2. The Kier molecular flexibility index (Phi) is 8.85. The Morgan fingerprint density at radius 2 is 1.95 bits per heavy atom. The minimum Gasteiger partial charge on any atom is -0.477 e. The molecule has 3 aliphatic heterocycles. The van der Waals surface area contributed by atoms with Crippen LogP contribution < -0.4 is 10.2 Å². The van der Waals surface area contributed by atoms with E-state index in [1.165, 1.54) is 28.4 Å². The number of aromatic nitrogens is 3. The van der Waals surface area contributed by atoms with Crippen LogP contribution in [0.4, 0.5) is 5.82 Å². The lowest BCUT2D eigenvalue weighted by Crippen LogP contribution is -2.70. The molecule has 11 nitrogen and oxygen atoms in total. The number of imidazole rings is 1. The molecule has 0 saturated carbocycles. The third kappa shape index (κ3) is 6.36. The fourth-order valence-corrected chi connectivity index (χ4v) is 6.58. The Labute approximate surface area is 244 Å². The summed E-state index contributed by atoms with van der Waals surface area (Å²) in [5.74, 6) is -1.22. The van der Waals surface area contributed by atoms with Crippen molar-refractivity contribution in [3.63, 3.8) is 0 Å². The van der Waals surface area contributed by atoms with E-state index in [-0.39, 0.29) is 23.3 Å². The van der Waals surface area contributed by atoms with Crippen LogP contribution in [-0.2, 0) is 19.2 Å². The lowest BCUT2D eigenvalue weighted by atomic mass is 10.0. The highest BCUT2D eigenvalue weighted by molar-refractivity contribution is 8.00. The number of anilines is 1. The highest BCUT2D eigenvalue weighted by atomic mass is 32.2. The van der Waals surface area contributed by atoms with Crippen LogP contribution in [0.1, 0.15) is 6.42 Å². The maximum Gasteiger partial charge on any atom is 0.352 e. The van der Waals surface area contributed by atoms with E-state index in [2.05, 4.69) is 20.3 Å². The van der Waals surface area contributed by atoms with Crippen LogP contribution in [0, 0.1) is 0 Å². The number of aliphatic carboxylic acids is 1. The van der Waals surface area contributed by atoms with Gasteiger partial charge in [-0.15, -0.1) is 23.5 Å². The zero-order chi connectivity index (χ0) is 28.8. The molecule has 13 heteroatoms. The maximum absolute atomic E-state index is 12.9. The normalized spacial score (nSPS) is 20.7. The Morgan fingerprint density at radius 1 is 1.15 bits per heavy atom. The molecule has 3 aromatic rings. The summed E-state index contributed by atoms with van der Waals surface area (Å²) >= 11 is 2.74. The molecular weight excluding hydrogens is 564 g/mol. The van der Waals surface area contributed by atoms with Gasteiger partial charge in [0, 0.05) is 41.4 Å². The minimum absolute atomic E-state index is 0.135. The number of carboxylic acid groups (broad SMARTS) is 1. The maximum atomic E-state index is 12.9. The first-order valence-electron chi connectivity index (χ1n) is 12.7. The summed E-state index contributed by atoms with van der Waals surface area (Å²) in [7, 11) is 0. The van der Waals surface area contributed by atoms with E-state index in [0.29, 0.717) is 35.7 Å². The van der Waals surface area contributed by atoms with E-state index in [9.17, 15) is 24.3 Å². The van der Waals surface area contributed by atoms with Crippen molar-refractivity contribution in [1.29, 1.82) is 0 Å². The number of H-pyrrole nitrogens is 1. The van der Waals surface area contributed by atoms with Gasteiger partial charge >= 0.3 is 5.97 Å². The van der Waals surface area contributed by atoms with Gasteiger partial charge in [0.15, 0.2) is 0 Å². The summed E-state index contributed by atoms with van der Waals surface area (Å²) in [6.45, 7) is 0.449. The number of rotatable bonds is 7. The highest BCUT2D eigenvalue weighted by Crippen LogP contribution is 2.41. The molecule has 3 aliphatic rings. The lowest BCUT2D eigenvalue weighted by molar-refractivity contribution is -0.150. The fourth-order valence-electron chi connectivity index (χ4n) is 4.54. The fraction of sp³-hybridized carbons (Fsp3) is 0.214. The molecule has 0 spiro atoms. The Morgan fingerprint density at radius 3 is 2.61 bits per heavy atom. The molecule has 5 heterocycles. The van der Waals surface area contributed by atoms with Gasteiger partial charge in [-0.3, -0.25) is 24.2 Å². The molecule has 0 aliphatic carbocycles. The van der Waals surface area contributed by atoms with Crippen LogP contribution in [0.25, 0.3) is 0 Å². The molecule has 41 heavy (non-hydrogen) atoms. The number of aromatic amines is 1. The third-order valence-corrected chi connectivity index (χ3v) is 8.75. The van der Waals surface area contributed by atoms with Crippen molar-refractivity contribution in [1.82, 2.24) is 25.2 Å². The molecule has 210 valence electrons. The Bertz CT molecular complexity index is 1460. The van der Waals surface area contributed by atoms with E-state index in [0.717, 1.165) is 4.90 Å². The molecule has 0 radical (unpaired) electrons. The smallest absolute Gasteiger partial charge is 0.352 e. The SMILES string of the molecule is O=C(CSc1ccccc1)N[C@@H]1C(=O)N2C(C(=O)O)=C(/C=C3\CCN(c4ccccn4)C3=O)CS[C@H]12.c1c[nH]cn1. The van der Waals surface area contributed by atoms with Gasteiger partial charge in [-0.2, -0.15) is 0 Å². The van der Waals surface area contributed by atoms with Crippen LogP contribution in [0.2, 0.25) is 0 Å². The van der Waals surface area contributed by atoms with E-state index in [4.69, 9.17) is 0 Å². The molecule has 1 aromatic carbocycles. The molecule has 0 bridgehead atoms. The van der Waals surface area contributed by atoms with Crippen molar-refractivity contribution in [2.45, 2.75) is 22.7 Å². The molecule has 2 fully saturated rings. The molecule has 2 saturated heterocycles. The zero-order valence-corrected chi connectivity index (χ0v) is 23.3. The van der Waals surface area contributed by atoms with Gasteiger partial charge in [-0.05, 0) is 42.3 Å². The number of thioether (sulfide) groups is 2. The standard InChI is InChI=1S/C25H22N4O5S2.C3H4N2/c30-19(14-35-17-6-2-1-3-7-17)27-20-23(32)29-21(25(33)34)16(13-36-24(20)29)12-15-9-11-28(22(15)31)18-8-4-5-10-26-18;1-2-5-3-4-1/h1-8,10,12,20,24H,9,11,13-14H2,(H,27,30)(H,33,34);1-3H,(H,4,5)/b15-12+;/t20-,24-;/m1./s1. The second kappa shape index (κ2) is 12.9. The summed E-state index contributed by atoms with van der Waals surface area (Å²) in [4.78, 5) is 64.8. The summed E-state index contributed by atoms with van der Waals surface area (Å²) < 4.78 is 0. The van der Waals surface area contributed by atoms with E-state index >= 15 is 0 Å². The first kappa shape index (κ1) is 28.2. The van der Waals surface area contributed by atoms with Crippen LogP contribution >= 0.6 is 23.5 Å². The number of allylic oxidation sites excluding steroid dienone is 1. The molecule has 3 N–H and O–H groups in total. The van der Waals surface area contributed by atoms with Crippen molar-refractivity contribution in [3.05, 3.63) is 96.4 Å². The van der Waals surface area contributed by atoms with E-state index in [1.54, 1.807) is 54.1 Å². The first-order valence-corrected chi connectivity index (χ1v) is 14.7. The second-order valence-electron chi connectivity index (χ2n) is 9.06. The summed E-state index contributed by atoms with van der Waals surface area (Å²) in [6.07, 6.45) is 8.73. The van der Waals surface area contributed by atoms with Crippen molar-refractivity contribution in [2.75, 3.05) is 23.0 Å². The third-order valence-electron chi connectivity index (χ3n) is 6.43. The second-order valence-corrected chi connectivity index (χ2v) is 11.2. The topological polar surface area (TPSA) is 149 Å². The number of carbonyl (C=O) groups excluding carboxylic acids is 3. The molecule has 2 aromatic heterocycles. The van der Waals surface area contributed by atoms with Crippen LogP contribution in [-0.4, -0.2) is 78.1 Å². The van der Waals surface area contributed by atoms with Gasteiger partial charge in [0.05, 0.1) is 12.1 Å². The number of benzene rings is 1. The number of fused-ring (bicyclic) bond motifs is 1. The Hall–Kier alpha value is -4.36. The molecule has 6 rings (SSSR count). The first-order chi connectivity index (χ1) is 19.9. The number of carboxylic acids is 1. The number of carbonyl (C=O) groups is 4. The summed E-state index contributed by atoms with van der Waals surface area (Å²) in [5.41, 5.74) is 0.751. The Balaban J connectivity index is 0.000000610. The number of pyridine rings is 1. The zero-order valence-electron chi connectivity index (χ0n) is 21.7. The molecule has 3 amide bonds. The number of amides is 3. The largest absolute Gasteiger partial charge is 0.477 e. The van der Waals surface area contributed by atoms with Crippen LogP contribution in [0.5, 0.6) is 0 Å². The van der Waals surface area contributed by atoms with Gasteiger partial charge in [0.2, 0.25) is 5.91 Å². The van der Waals surface area contributed by atoms with Crippen molar-refractivity contribution < 1.29 is 24.3 Å². The monoisotopic (exact) mass is 590 g/mol. The van der Waals surface area contributed by atoms with Crippen LogP contribution in [0.15, 0.2) is 101 Å². The quantitative estimate of drug-likeness (QED) is 0.215. The lowest BCUT2D eigenvalue weighted by Gasteiger charge is -2.49. The molecular formula is C28H26N6O5S2. The number of β-lactam (4-membered cyclic amide) rings is 1. The average Bonchev–Trinajstić information content (AvgIpc) is 3.70. The van der Waals surface area contributed by atoms with E-state index < -0.39 is 23.3 Å². The van der Waals surface area contributed by atoms with Gasteiger partial charge in [0.1, 0.15) is 22.9 Å². The van der Waals surface area contributed by atoms with Crippen molar-refractivity contribution in [3.8, 4) is 0 Å². The van der Waals surface area contributed by atoms with Gasteiger partial charge in [0.25, 0.3) is 11.8 Å². The van der Waals surface area contributed by atoms with Crippen molar-refractivity contribution >= 4 is 53.0 Å². The number of nitrogens with zero attached hydrogens (tertiary/aromatic N) is 4. The number of nitrogens with one attached hydrogen (secondary N) is 2. The van der Waals surface area contributed by atoms with Gasteiger partial charge < -0.3 is 15.4 Å². The predicted molar refractivity (Wildman–Crippen MR) is 155 cm³/mol. The van der Waals surface area contributed by atoms with E-state index in [1.807, 2.05) is 30.3 Å². The van der Waals surface area contributed by atoms with Gasteiger partial charge in [-0.25, -0.2) is 14.8 Å².